The molecule has 0 aliphatic carbocycles. The monoisotopic (exact) mass is 485 g/mol. The molecule has 5 nitrogen and oxygen atoms in total. The molecule has 0 saturated heterocycles. The van der Waals surface area contributed by atoms with Crippen molar-refractivity contribution in [2.24, 2.45) is 0 Å². The highest BCUT2D eigenvalue weighted by molar-refractivity contribution is 6.10. The van der Waals surface area contributed by atoms with Crippen molar-refractivity contribution in [2.75, 3.05) is 0 Å². The van der Waals surface area contributed by atoms with Crippen molar-refractivity contribution in [3.63, 3.8) is 0 Å². The number of fused-ring (bicyclic) bond motifs is 8. The molecule has 0 unspecified atom stereocenters. The molecule has 5 aromatic carbocycles. The van der Waals surface area contributed by atoms with Crippen molar-refractivity contribution in [2.45, 2.75) is 0 Å². The lowest BCUT2D eigenvalue weighted by Crippen LogP contribution is -2.06. The standard InChI is InChI=1S/C33H19N5/c34-20-21-13-15-22(16-14-21)23-17-18-30-26(19-23)24-7-2-5-11-29(24)37(30)33-36-27-9-3-1-8-25(27)32-35-28-10-4-6-12-31(28)38(32)33/h1-19H. The molecule has 0 amide bonds. The fourth-order valence-electron chi connectivity index (χ4n) is 5.58. The lowest BCUT2D eigenvalue weighted by atomic mass is 10.0. The van der Waals surface area contributed by atoms with Crippen LogP contribution < -0.4 is 0 Å². The number of hydrogen-bond acceptors (Lipinski definition) is 3. The summed E-state index contributed by atoms with van der Waals surface area (Å²) in [7, 11) is 0. The van der Waals surface area contributed by atoms with E-state index in [9.17, 15) is 5.26 Å². The van der Waals surface area contributed by atoms with E-state index in [-0.39, 0.29) is 0 Å². The van der Waals surface area contributed by atoms with Gasteiger partial charge in [-0.15, -0.1) is 0 Å². The lowest BCUT2D eigenvalue weighted by molar-refractivity contribution is 0.979. The minimum Gasteiger partial charge on any atom is -0.279 e. The summed E-state index contributed by atoms with van der Waals surface area (Å²) in [4.78, 5) is 10.3. The SMILES string of the molecule is N#Cc1ccc(-c2ccc3c(c2)c2ccccc2n3-c2nc3ccccc3c3nc4ccccc4n23)cc1. The van der Waals surface area contributed by atoms with Crippen LogP contribution in [0.4, 0.5) is 0 Å². The Hall–Kier alpha value is -5.47. The van der Waals surface area contributed by atoms with Crippen molar-refractivity contribution in [3.05, 3.63) is 121 Å². The van der Waals surface area contributed by atoms with E-state index in [4.69, 9.17) is 9.97 Å². The van der Waals surface area contributed by atoms with Gasteiger partial charge in [-0.3, -0.25) is 8.97 Å². The van der Waals surface area contributed by atoms with Crippen LogP contribution in [-0.4, -0.2) is 18.9 Å². The second kappa shape index (κ2) is 7.76. The van der Waals surface area contributed by atoms with E-state index in [1.807, 2.05) is 48.5 Å². The van der Waals surface area contributed by atoms with Gasteiger partial charge in [0.05, 0.1) is 39.2 Å². The van der Waals surface area contributed by atoms with E-state index >= 15 is 0 Å². The van der Waals surface area contributed by atoms with Crippen LogP contribution in [0.15, 0.2) is 115 Å². The van der Waals surface area contributed by atoms with Gasteiger partial charge in [-0.05, 0) is 65.7 Å². The molecule has 8 rings (SSSR count). The largest absolute Gasteiger partial charge is 0.279 e. The van der Waals surface area contributed by atoms with Gasteiger partial charge in [-0.2, -0.15) is 5.26 Å². The van der Waals surface area contributed by atoms with Crippen LogP contribution in [-0.2, 0) is 0 Å². The number of aromatic nitrogens is 4. The molecule has 3 aromatic heterocycles. The van der Waals surface area contributed by atoms with Gasteiger partial charge in [0.25, 0.3) is 0 Å². The lowest BCUT2D eigenvalue weighted by Gasteiger charge is -2.12. The Labute approximate surface area is 217 Å². The summed E-state index contributed by atoms with van der Waals surface area (Å²) in [5, 5.41) is 12.5. The maximum atomic E-state index is 9.20. The van der Waals surface area contributed by atoms with Gasteiger partial charge in [0, 0.05) is 16.2 Å². The Kier molecular flexibility index (Phi) is 4.23. The number of nitriles is 1. The fourth-order valence-corrected chi connectivity index (χ4v) is 5.58. The van der Waals surface area contributed by atoms with E-state index in [2.05, 4.69) is 81.8 Å². The number of hydrogen-bond donors (Lipinski definition) is 0. The van der Waals surface area contributed by atoms with Crippen LogP contribution in [0.25, 0.3) is 66.5 Å². The summed E-state index contributed by atoms with van der Waals surface area (Å²) < 4.78 is 4.43. The van der Waals surface area contributed by atoms with Crippen LogP contribution in [0, 0.1) is 11.3 Å². The molecule has 38 heavy (non-hydrogen) atoms. The van der Waals surface area contributed by atoms with E-state index in [1.165, 1.54) is 0 Å². The van der Waals surface area contributed by atoms with E-state index in [1.54, 1.807) is 0 Å². The number of para-hydroxylation sites is 4. The van der Waals surface area contributed by atoms with Crippen LogP contribution in [0.2, 0.25) is 0 Å². The van der Waals surface area contributed by atoms with Gasteiger partial charge in [0.15, 0.2) is 0 Å². The van der Waals surface area contributed by atoms with Crippen LogP contribution in [0.5, 0.6) is 0 Å². The number of rotatable bonds is 2. The Morgan fingerprint density at radius 2 is 1.21 bits per heavy atom. The van der Waals surface area contributed by atoms with E-state index in [0.717, 1.165) is 66.5 Å². The molecule has 0 saturated carbocycles. The van der Waals surface area contributed by atoms with Crippen molar-refractivity contribution < 1.29 is 0 Å². The summed E-state index contributed by atoms with van der Waals surface area (Å²) in [6.45, 7) is 0. The average molecular weight is 486 g/mol. The molecular formula is C33H19N5. The summed E-state index contributed by atoms with van der Waals surface area (Å²) in [6.07, 6.45) is 0. The zero-order chi connectivity index (χ0) is 25.2. The quantitative estimate of drug-likeness (QED) is 0.252. The van der Waals surface area contributed by atoms with Crippen molar-refractivity contribution in [1.29, 1.82) is 5.26 Å². The van der Waals surface area contributed by atoms with Crippen molar-refractivity contribution in [3.8, 4) is 23.1 Å². The number of benzene rings is 5. The molecule has 0 aliphatic rings. The summed E-state index contributed by atoms with van der Waals surface area (Å²) in [6, 6.07) is 41.4. The highest BCUT2D eigenvalue weighted by Crippen LogP contribution is 2.36. The number of nitrogens with zero attached hydrogens (tertiary/aromatic N) is 5. The maximum Gasteiger partial charge on any atom is 0.221 e. The third-order valence-electron chi connectivity index (χ3n) is 7.35. The Morgan fingerprint density at radius 1 is 0.553 bits per heavy atom. The zero-order valence-electron chi connectivity index (χ0n) is 20.2. The fraction of sp³-hybridized carbons (Fsp3) is 0. The molecule has 0 atom stereocenters. The van der Waals surface area contributed by atoms with Crippen LogP contribution >= 0.6 is 0 Å². The van der Waals surface area contributed by atoms with Crippen molar-refractivity contribution in [1.82, 2.24) is 18.9 Å². The van der Waals surface area contributed by atoms with Crippen molar-refractivity contribution >= 4 is 49.4 Å². The maximum absolute atomic E-state index is 9.20. The molecule has 176 valence electrons. The first kappa shape index (κ1) is 20.7. The predicted octanol–water partition coefficient (Wildman–Crippen LogP) is 7.67. The average Bonchev–Trinajstić information content (AvgIpc) is 3.53. The second-order valence-electron chi connectivity index (χ2n) is 9.46. The summed E-state index contributed by atoms with van der Waals surface area (Å²) in [5.41, 5.74) is 8.77. The Morgan fingerprint density at radius 3 is 2.03 bits per heavy atom. The van der Waals surface area contributed by atoms with E-state index in [0.29, 0.717) is 5.56 Å². The first-order chi connectivity index (χ1) is 18.8. The van der Waals surface area contributed by atoms with Gasteiger partial charge in [0.2, 0.25) is 5.95 Å². The van der Waals surface area contributed by atoms with E-state index < -0.39 is 0 Å². The van der Waals surface area contributed by atoms with Crippen LogP contribution in [0.1, 0.15) is 5.56 Å². The molecular weight excluding hydrogens is 466 g/mol. The Bertz CT molecular complexity index is 2240. The topological polar surface area (TPSA) is 58.9 Å². The first-order valence-corrected chi connectivity index (χ1v) is 12.5. The minimum absolute atomic E-state index is 0.658. The molecule has 0 spiro atoms. The highest BCUT2D eigenvalue weighted by Gasteiger charge is 2.20. The summed E-state index contributed by atoms with van der Waals surface area (Å²) in [5.74, 6) is 0.810. The Balaban J connectivity index is 1.50. The summed E-state index contributed by atoms with van der Waals surface area (Å²) >= 11 is 0. The molecule has 0 radical (unpaired) electrons. The van der Waals surface area contributed by atoms with Gasteiger partial charge < -0.3 is 0 Å². The number of imidazole rings is 1. The normalized spacial score (nSPS) is 11.7. The molecule has 5 heteroatoms. The highest BCUT2D eigenvalue weighted by atomic mass is 15.2. The van der Waals surface area contributed by atoms with Gasteiger partial charge in [0.1, 0.15) is 5.65 Å². The molecule has 0 aliphatic heterocycles. The molecule has 0 bridgehead atoms. The van der Waals surface area contributed by atoms with Gasteiger partial charge in [-0.25, -0.2) is 9.97 Å². The second-order valence-corrected chi connectivity index (χ2v) is 9.46. The third-order valence-corrected chi connectivity index (χ3v) is 7.35. The van der Waals surface area contributed by atoms with Gasteiger partial charge in [-0.1, -0.05) is 60.7 Å². The smallest absolute Gasteiger partial charge is 0.221 e. The zero-order valence-corrected chi connectivity index (χ0v) is 20.2. The van der Waals surface area contributed by atoms with Gasteiger partial charge >= 0.3 is 0 Å². The molecule has 8 aromatic rings. The molecule has 0 N–H and O–H groups in total. The van der Waals surface area contributed by atoms with Crippen LogP contribution in [0.3, 0.4) is 0 Å². The third kappa shape index (κ3) is 2.86. The predicted molar refractivity (Wildman–Crippen MR) is 152 cm³/mol. The molecule has 0 fully saturated rings. The molecule has 3 heterocycles. The minimum atomic E-state index is 0.658. The first-order valence-electron chi connectivity index (χ1n) is 12.5.